The number of rotatable bonds is 6. The molecule has 0 aliphatic carbocycles. The van der Waals surface area contributed by atoms with E-state index in [0.717, 1.165) is 12.1 Å². The smallest absolute Gasteiger partial charge is 0.416 e. The van der Waals surface area contributed by atoms with Crippen LogP contribution in [0.3, 0.4) is 0 Å². The second-order valence-corrected chi connectivity index (χ2v) is 6.79. The zero-order chi connectivity index (χ0) is 21.8. The number of amides is 2. The Morgan fingerprint density at radius 3 is 2.28 bits per heavy atom. The van der Waals surface area contributed by atoms with Crippen LogP contribution in [0.4, 0.5) is 18.0 Å². The van der Waals surface area contributed by atoms with Crippen LogP contribution >= 0.6 is 11.6 Å². The second-order valence-electron chi connectivity index (χ2n) is 6.36. The molecule has 0 saturated carbocycles. The summed E-state index contributed by atoms with van der Waals surface area (Å²) in [4.78, 5) is 23.2. The molecule has 0 saturated heterocycles. The van der Waals surface area contributed by atoms with Gasteiger partial charge in [-0.15, -0.1) is 0 Å². The fourth-order valence-corrected chi connectivity index (χ4v) is 3.32. The first-order chi connectivity index (χ1) is 13.6. The van der Waals surface area contributed by atoms with Crippen molar-refractivity contribution in [2.75, 3.05) is 7.05 Å². The van der Waals surface area contributed by atoms with Crippen LogP contribution in [0.15, 0.2) is 36.4 Å². The summed E-state index contributed by atoms with van der Waals surface area (Å²) in [7, 11) is 1.44. The molecule has 0 aromatic heterocycles. The van der Waals surface area contributed by atoms with Crippen molar-refractivity contribution in [2.24, 2.45) is 0 Å². The van der Waals surface area contributed by atoms with Crippen molar-refractivity contribution < 1.29 is 27.9 Å². The number of aliphatic carboxylic acids is 1. The van der Waals surface area contributed by atoms with Crippen LogP contribution in [-0.4, -0.2) is 24.2 Å². The maximum Gasteiger partial charge on any atom is 0.416 e. The fourth-order valence-electron chi connectivity index (χ4n) is 3.08. The molecular formula is C20H20ClF3N2O3. The summed E-state index contributed by atoms with van der Waals surface area (Å²) in [6.07, 6.45) is -4.40. The highest BCUT2D eigenvalue weighted by atomic mass is 35.5. The van der Waals surface area contributed by atoms with Gasteiger partial charge < -0.3 is 15.7 Å². The standard InChI is InChI=1S/C20H20ClF3N2O3/c1-3-16(26-19(29)25-2)18-12(9-17(27)28)8-14(21)10-15(18)11-4-6-13(7-5-11)20(22,23)24/h4-8,10,16H,3,9H2,1-2H3,(H,27,28)(H2,25,26,29). The van der Waals surface area contributed by atoms with Crippen molar-refractivity contribution >= 4 is 23.6 Å². The Morgan fingerprint density at radius 2 is 1.79 bits per heavy atom. The molecule has 156 valence electrons. The molecule has 0 heterocycles. The SMILES string of the molecule is CCC(NC(=O)NC)c1c(CC(=O)O)cc(Cl)cc1-c1ccc(C(F)(F)F)cc1. The Balaban J connectivity index is 2.67. The van der Waals surface area contributed by atoms with Crippen LogP contribution in [0.2, 0.25) is 5.02 Å². The summed E-state index contributed by atoms with van der Waals surface area (Å²) in [6.45, 7) is 1.80. The first kappa shape index (κ1) is 22.5. The number of carboxylic acid groups (broad SMARTS) is 1. The van der Waals surface area contributed by atoms with Crippen molar-refractivity contribution in [3.05, 3.63) is 58.1 Å². The van der Waals surface area contributed by atoms with Crippen LogP contribution < -0.4 is 10.6 Å². The minimum Gasteiger partial charge on any atom is -0.481 e. The van der Waals surface area contributed by atoms with Gasteiger partial charge in [0.25, 0.3) is 0 Å². The molecule has 1 atom stereocenters. The predicted octanol–water partition coefficient (Wildman–Crippen LogP) is 5.03. The van der Waals surface area contributed by atoms with Gasteiger partial charge >= 0.3 is 18.2 Å². The maximum atomic E-state index is 12.9. The average Bonchev–Trinajstić information content (AvgIpc) is 2.64. The number of carboxylic acids is 1. The first-order valence-electron chi connectivity index (χ1n) is 8.76. The van der Waals surface area contributed by atoms with E-state index in [0.29, 0.717) is 28.7 Å². The summed E-state index contributed by atoms with van der Waals surface area (Å²) in [5, 5.41) is 14.7. The molecule has 2 rings (SSSR count). The van der Waals surface area contributed by atoms with E-state index in [1.807, 2.05) is 0 Å². The zero-order valence-electron chi connectivity index (χ0n) is 15.7. The molecule has 0 bridgehead atoms. The lowest BCUT2D eigenvalue weighted by Crippen LogP contribution is -2.36. The minimum absolute atomic E-state index is 0.245. The van der Waals surface area contributed by atoms with Gasteiger partial charge in [-0.2, -0.15) is 13.2 Å². The molecule has 2 amide bonds. The van der Waals surface area contributed by atoms with Crippen molar-refractivity contribution in [3.8, 4) is 11.1 Å². The Hall–Kier alpha value is -2.74. The first-order valence-corrected chi connectivity index (χ1v) is 9.14. The van der Waals surface area contributed by atoms with Gasteiger partial charge in [-0.05, 0) is 52.9 Å². The highest BCUT2D eigenvalue weighted by Gasteiger charge is 2.30. The van der Waals surface area contributed by atoms with Crippen LogP contribution in [0, 0.1) is 0 Å². The van der Waals surface area contributed by atoms with E-state index in [1.54, 1.807) is 13.0 Å². The number of nitrogens with one attached hydrogen (secondary N) is 2. The molecule has 0 radical (unpaired) electrons. The van der Waals surface area contributed by atoms with Crippen LogP contribution in [0.5, 0.6) is 0 Å². The van der Waals surface area contributed by atoms with Gasteiger partial charge in [-0.1, -0.05) is 30.7 Å². The van der Waals surface area contributed by atoms with Crippen LogP contribution in [-0.2, 0) is 17.4 Å². The number of urea groups is 1. The van der Waals surface area contributed by atoms with E-state index in [1.165, 1.54) is 25.2 Å². The third kappa shape index (κ3) is 5.63. The molecule has 1 unspecified atom stereocenters. The van der Waals surface area contributed by atoms with Gasteiger partial charge in [0.1, 0.15) is 0 Å². The monoisotopic (exact) mass is 428 g/mol. The Bertz CT molecular complexity index is 899. The lowest BCUT2D eigenvalue weighted by molar-refractivity contribution is -0.138. The van der Waals surface area contributed by atoms with E-state index in [4.69, 9.17) is 11.6 Å². The number of carbonyl (C=O) groups is 2. The third-order valence-corrected chi connectivity index (χ3v) is 4.60. The molecule has 9 heteroatoms. The number of alkyl halides is 3. The number of hydrogen-bond donors (Lipinski definition) is 3. The van der Waals surface area contributed by atoms with Gasteiger partial charge in [0, 0.05) is 12.1 Å². The Labute approximate surface area is 170 Å². The van der Waals surface area contributed by atoms with E-state index in [-0.39, 0.29) is 11.4 Å². The van der Waals surface area contributed by atoms with E-state index >= 15 is 0 Å². The lowest BCUT2D eigenvalue weighted by atomic mass is 9.88. The van der Waals surface area contributed by atoms with E-state index in [9.17, 15) is 27.9 Å². The van der Waals surface area contributed by atoms with Gasteiger partial charge in [-0.25, -0.2) is 4.79 Å². The van der Waals surface area contributed by atoms with Crippen LogP contribution in [0.25, 0.3) is 11.1 Å². The molecule has 2 aromatic carbocycles. The molecule has 5 nitrogen and oxygen atoms in total. The van der Waals surface area contributed by atoms with Gasteiger partial charge in [0.15, 0.2) is 0 Å². The van der Waals surface area contributed by atoms with Crippen molar-refractivity contribution in [3.63, 3.8) is 0 Å². The molecule has 3 N–H and O–H groups in total. The molecule has 0 aliphatic heterocycles. The summed E-state index contributed by atoms with van der Waals surface area (Å²) < 4.78 is 38.7. The number of benzene rings is 2. The molecule has 29 heavy (non-hydrogen) atoms. The Kier molecular flexibility index (Phi) is 7.13. The summed E-state index contributed by atoms with van der Waals surface area (Å²) in [5.41, 5.74) is 0.974. The Morgan fingerprint density at radius 1 is 1.17 bits per heavy atom. The summed E-state index contributed by atoms with van der Waals surface area (Å²) in [6, 6.07) is 6.51. The van der Waals surface area contributed by atoms with Crippen molar-refractivity contribution in [1.82, 2.24) is 10.6 Å². The third-order valence-electron chi connectivity index (χ3n) is 4.38. The molecular weight excluding hydrogens is 409 g/mol. The topological polar surface area (TPSA) is 78.4 Å². The normalized spacial score (nSPS) is 12.3. The summed E-state index contributed by atoms with van der Waals surface area (Å²) >= 11 is 6.17. The van der Waals surface area contributed by atoms with E-state index < -0.39 is 29.8 Å². The number of halogens is 4. The van der Waals surface area contributed by atoms with Crippen molar-refractivity contribution in [2.45, 2.75) is 32.0 Å². The molecule has 0 aliphatic rings. The highest BCUT2D eigenvalue weighted by molar-refractivity contribution is 6.31. The van der Waals surface area contributed by atoms with Gasteiger partial charge in [0.05, 0.1) is 18.0 Å². The maximum absolute atomic E-state index is 12.9. The number of hydrogen-bond acceptors (Lipinski definition) is 2. The summed E-state index contributed by atoms with van der Waals surface area (Å²) in [5.74, 6) is -1.10. The lowest BCUT2D eigenvalue weighted by Gasteiger charge is -2.24. The zero-order valence-corrected chi connectivity index (χ0v) is 16.5. The fraction of sp³-hybridized carbons (Fsp3) is 0.300. The molecule has 2 aromatic rings. The molecule has 0 fully saturated rings. The van der Waals surface area contributed by atoms with E-state index in [2.05, 4.69) is 10.6 Å². The van der Waals surface area contributed by atoms with Crippen molar-refractivity contribution in [1.29, 1.82) is 0 Å². The van der Waals surface area contributed by atoms with Gasteiger partial charge in [0.2, 0.25) is 0 Å². The highest BCUT2D eigenvalue weighted by Crippen LogP contribution is 2.37. The van der Waals surface area contributed by atoms with Gasteiger partial charge in [-0.3, -0.25) is 4.79 Å². The minimum atomic E-state index is -4.48. The molecule has 0 spiro atoms. The predicted molar refractivity (Wildman–Crippen MR) is 104 cm³/mol. The second kappa shape index (κ2) is 9.17. The average molecular weight is 429 g/mol. The number of carbonyl (C=O) groups excluding carboxylic acids is 1. The quantitative estimate of drug-likeness (QED) is 0.603. The largest absolute Gasteiger partial charge is 0.481 e. The van der Waals surface area contributed by atoms with Crippen LogP contribution in [0.1, 0.15) is 36.1 Å².